The number of carbonyl (C=O) groups excluding carboxylic acids is 1. The number of halogens is 4. The van der Waals surface area contributed by atoms with Crippen LogP contribution in [0.3, 0.4) is 0 Å². The summed E-state index contributed by atoms with van der Waals surface area (Å²) in [5.74, 6) is -5.71. The van der Waals surface area contributed by atoms with Crippen LogP contribution in [-0.2, 0) is 4.74 Å². The van der Waals surface area contributed by atoms with E-state index >= 15 is 4.39 Å². The van der Waals surface area contributed by atoms with Crippen molar-refractivity contribution >= 4 is 5.97 Å². The lowest BCUT2D eigenvalue weighted by Crippen LogP contribution is -2.25. The quantitative estimate of drug-likeness (QED) is 0.172. The average molecular weight is 515 g/mol. The molecule has 196 valence electrons. The molecule has 0 heterocycles. The Morgan fingerprint density at radius 2 is 1.54 bits per heavy atom. The Balaban J connectivity index is 1.38. The summed E-state index contributed by atoms with van der Waals surface area (Å²) < 4.78 is 69.4. The van der Waals surface area contributed by atoms with Crippen LogP contribution in [0.2, 0.25) is 0 Å². The molecule has 0 aromatic heterocycles. The summed E-state index contributed by atoms with van der Waals surface area (Å²) >= 11 is 0. The Kier molecular flexibility index (Phi) is 8.52. The fraction of sp³-hybridized carbons (Fsp3) is 0.367. The highest BCUT2D eigenvalue weighted by molar-refractivity contribution is 5.90. The van der Waals surface area contributed by atoms with Crippen molar-refractivity contribution in [3.63, 3.8) is 0 Å². The third-order valence-electron chi connectivity index (χ3n) is 6.88. The predicted octanol–water partition coefficient (Wildman–Crippen LogP) is 8.28. The molecular weight excluding hydrogens is 484 g/mol. The summed E-state index contributed by atoms with van der Waals surface area (Å²) in [7, 11) is 0. The fourth-order valence-corrected chi connectivity index (χ4v) is 4.67. The molecule has 0 saturated heterocycles. The van der Waals surface area contributed by atoms with Crippen molar-refractivity contribution in [1.82, 2.24) is 0 Å². The summed E-state index contributed by atoms with van der Waals surface area (Å²) in [6.07, 6.45) is 2.77. The van der Waals surface area contributed by atoms with Gasteiger partial charge in [-0.25, -0.2) is 18.0 Å². The van der Waals surface area contributed by atoms with E-state index in [9.17, 15) is 18.0 Å². The summed E-state index contributed by atoms with van der Waals surface area (Å²) in [6.45, 7) is 4.12. The van der Waals surface area contributed by atoms with Crippen molar-refractivity contribution in [2.75, 3.05) is 6.61 Å². The Labute approximate surface area is 214 Å². The molecule has 37 heavy (non-hydrogen) atoms. The van der Waals surface area contributed by atoms with E-state index in [2.05, 4.69) is 0 Å². The fourth-order valence-electron chi connectivity index (χ4n) is 4.67. The summed E-state index contributed by atoms with van der Waals surface area (Å²) in [5, 5.41) is 0. The number of aryl methyl sites for hydroxylation is 1. The van der Waals surface area contributed by atoms with Gasteiger partial charge in [-0.1, -0.05) is 55.3 Å². The maximum absolute atomic E-state index is 15.0. The highest BCUT2D eigenvalue weighted by atomic mass is 19.2. The number of hydrogen-bond acceptors (Lipinski definition) is 3. The summed E-state index contributed by atoms with van der Waals surface area (Å²) in [5.41, 5.74) is 1.64. The SMILES string of the molecule is CCCCOc1ccc(C(=O)OC2CCC(c3ccc(-c4ccc(C)cc4)c(F)c3F)CC2)c(F)c1F. The molecule has 1 saturated carbocycles. The Bertz CT molecular complexity index is 1250. The van der Waals surface area contributed by atoms with Crippen LogP contribution in [0.1, 0.15) is 72.9 Å². The molecule has 0 atom stereocenters. The largest absolute Gasteiger partial charge is 0.490 e. The van der Waals surface area contributed by atoms with E-state index < -0.39 is 40.9 Å². The van der Waals surface area contributed by atoms with Gasteiger partial charge in [0.05, 0.1) is 12.2 Å². The minimum Gasteiger partial charge on any atom is -0.490 e. The van der Waals surface area contributed by atoms with Crippen LogP contribution in [0, 0.1) is 30.2 Å². The maximum Gasteiger partial charge on any atom is 0.341 e. The first-order valence-electron chi connectivity index (χ1n) is 12.7. The van der Waals surface area contributed by atoms with Crippen molar-refractivity contribution in [2.45, 2.75) is 64.4 Å². The van der Waals surface area contributed by atoms with Gasteiger partial charge in [0.2, 0.25) is 5.82 Å². The molecule has 1 fully saturated rings. The Hall–Kier alpha value is -3.35. The van der Waals surface area contributed by atoms with E-state index in [-0.39, 0.29) is 23.8 Å². The zero-order valence-electron chi connectivity index (χ0n) is 21.0. The first-order chi connectivity index (χ1) is 17.8. The van der Waals surface area contributed by atoms with E-state index in [1.165, 1.54) is 6.07 Å². The number of benzene rings is 3. The van der Waals surface area contributed by atoms with Gasteiger partial charge in [0, 0.05) is 5.56 Å². The zero-order valence-corrected chi connectivity index (χ0v) is 21.0. The number of esters is 1. The maximum atomic E-state index is 15.0. The molecule has 3 aromatic rings. The Morgan fingerprint density at radius 3 is 2.22 bits per heavy atom. The molecule has 7 heteroatoms. The van der Waals surface area contributed by atoms with Crippen LogP contribution in [0.25, 0.3) is 11.1 Å². The van der Waals surface area contributed by atoms with Crippen LogP contribution in [0.15, 0.2) is 48.5 Å². The molecule has 0 aliphatic heterocycles. The van der Waals surface area contributed by atoms with Crippen LogP contribution in [0.5, 0.6) is 5.75 Å². The van der Waals surface area contributed by atoms with Gasteiger partial charge in [-0.15, -0.1) is 0 Å². The molecular formula is C30H30F4O3. The van der Waals surface area contributed by atoms with E-state index in [0.717, 1.165) is 18.1 Å². The zero-order chi connectivity index (χ0) is 26.5. The lowest BCUT2D eigenvalue weighted by molar-refractivity contribution is 0.0188. The molecule has 0 radical (unpaired) electrons. The van der Waals surface area contributed by atoms with Gasteiger partial charge in [-0.2, -0.15) is 4.39 Å². The Morgan fingerprint density at radius 1 is 0.838 bits per heavy atom. The third kappa shape index (κ3) is 5.97. The molecule has 0 N–H and O–H groups in total. The highest BCUT2D eigenvalue weighted by Crippen LogP contribution is 2.38. The van der Waals surface area contributed by atoms with E-state index in [0.29, 0.717) is 43.2 Å². The molecule has 3 aromatic carbocycles. The van der Waals surface area contributed by atoms with Crippen LogP contribution >= 0.6 is 0 Å². The molecule has 1 aliphatic rings. The smallest absolute Gasteiger partial charge is 0.341 e. The molecule has 4 rings (SSSR count). The lowest BCUT2D eigenvalue weighted by atomic mass is 9.82. The third-order valence-corrected chi connectivity index (χ3v) is 6.88. The van der Waals surface area contributed by atoms with Crippen LogP contribution < -0.4 is 4.74 Å². The van der Waals surface area contributed by atoms with Gasteiger partial charge in [0.1, 0.15) is 6.10 Å². The number of unbranched alkanes of at least 4 members (excludes halogenated alkanes) is 1. The standard InChI is InChI=1S/C30H30F4O3/c1-3-4-17-36-25-16-15-24(28(33)29(25)34)30(35)37-21-11-9-20(10-12-21)23-14-13-22(26(31)27(23)32)19-7-5-18(2)6-8-19/h5-8,13-16,20-21H,3-4,9-12,17H2,1-2H3. The first kappa shape index (κ1) is 26.7. The summed E-state index contributed by atoms with van der Waals surface area (Å²) in [6, 6.07) is 12.8. The lowest BCUT2D eigenvalue weighted by Gasteiger charge is -2.29. The average Bonchev–Trinajstić information content (AvgIpc) is 2.89. The number of ether oxygens (including phenoxy) is 2. The van der Waals surface area contributed by atoms with Gasteiger partial charge in [0.15, 0.2) is 23.2 Å². The normalized spacial score (nSPS) is 17.5. The highest BCUT2D eigenvalue weighted by Gasteiger charge is 2.30. The first-order valence-corrected chi connectivity index (χ1v) is 12.7. The van der Waals surface area contributed by atoms with Crippen molar-refractivity contribution in [2.24, 2.45) is 0 Å². The molecule has 1 aliphatic carbocycles. The van der Waals surface area contributed by atoms with Crippen molar-refractivity contribution in [3.05, 3.63) is 88.5 Å². The molecule has 0 unspecified atom stereocenters. The van der Waals surface area contributed by atoms with Gasteiger partial charge in [0.25, 0.3) is 0 Å². The van der Waals surface area contributed by atoms with E-state index in [1.807, 2.05) is 26.0 Å². The van der Waals surface area contributed by atoms with Crippen LogP contribution in [0.4, 0.5) is 17.6 Å². The van der Waals surface area contributed by atoms with Crippen molar-refractivity contribution < 1.29 is 31.8 Å². The molecule has 0 bridgehead atoms. The van der Waals surface area contributed by atoms with E-state index in [4.69, 9.17) is 9.47 Å². The van der Waals surface area contributed by atoms with Gasteiger partial charge in [-0.3, -0.25) is 0 Å². The molecule has 0 amide bonds. The second-order valence-corrected chi connectivity index (χ2v) is 9.52. The second kappa shape index (κ2) is 11.8. The van der Waals surface area contributed by atoms with Gasteiger partial charge in [-0.05, 0) is 68.2 Å². The van der Waals surface area contributed by atoms with Gasteiger partial charge >= 0.3 is 5.97 Å². The monoisotopic (exact) mass is 514 g/mol. The van der Waals surface area contributed by atoms with Crippen molar-refractivity contribution in [3.8, 4) is 16.9 Å². The topological polar surface area (TPSA) is 35.5 Å². The molecule has 0 spiro atoms. The van der Waals surface area contributed by atoms with E-state index in [1.54, 1.807) is 24.3 Å². The minimum atomic E-state index is -1.31. The van der Waals surface area contributed by atoms with Crippen LogP contribution in [-0.4, -0.2) is 18.7 Å². The number of rotatable bonds is 8. The number of hydrogen-bond donors (Lipinski definition) is 0. The minimum absolute atomic E-state index is 0.208. The number of carbonyl (C=O) groups is 1. The molecule has 3 nitrogen and oxygen atoms in total. The predicted molar refractivity (Wildman–Crippen MR) is 134 cm³/mol. The summed E-state index contributed by atoms with van der Waals surface area (Å²) in [4.78, 5) is 12.5. The van der Waals surface area contributed by atoms with Gasteiger partial charge < -0.3 is 9.47 Å². The second-order valence-electron chi connectivity index (χ2n) is 9.52. The van der Waals surface area contributed by atoms with Crippen molar-refractivity contribution in [1.29, 1.82) is 0 Å².